The smallest absolute Gasteiger partial charge is 0.244 e. The summed E-state index contributed by atoms with van der Waals surface area (Å²) in [7, 11) is 0. The number of hydrogen-bond donors (Lipinski definition) is 1. The maximum atomic E-state index is 11.8. The highest BCUT2D eigenvalue weighted by Gasteiger charge is 2.13. The predicted molar refractivity (Wildman–Crippen MR) is 76.0 cm³/mol. The quantitative estimate of drug-likeness (QED) is 0.919. The van der Waals surface area contributed by atoms with Crippen molar-refractivity contribution in [2.75, 3.05) is 5.32 Å². The molecule has 4 heteroatoms. The Bertz CT molecular complexity index is 536. The van der Waals surface area contributed by atoms with E-state index >= 15 is 0 Å². The van der Waals surface area contributed by atoms with Crippen LogP contribution in [-0.4, -0.2) is 15.5 Å². The lowest BCUT2D eigenvalue weighted by Gasteiger charge is -2.19. The Balaban J connectivity index is 1.98. The molecule has 1 aromatic carbocycles. The molecule has 0 unspecified atom stereocenters. The summed E-state index contributed by atoms with van der Waals surface area (Å²) in [5, 5.41) is 2.87. The van der Waals surface area contributed by atoms with Gasteiger partial charge in [0.2, 0.25) is 5.91 Å². The van der Waals surface area contributed by atoms with Gasteiger partial charge in [0.25, 0.3) is 0 Å². The molecule has 0 atom stereocenters. The highest BCUT2D eigenvalue weighted by atomic mass is 16.1. The molecular weight excluding hydrogens is 238 g/mol. The summed E-state index contributed by atoms with van der Waals surface area (Å²) in [4.78, 5) is 15.7. The first-order valence-corrected chi connectivity index (χ1v) is 6.31. The molecule has 0 saturated heterocycles. The number of carbonyl (C=O) groups is 1. The van der Waals surface area contributed by atoms with Crippen molar-refractivity contribution in [3.63, 3.8) is 0 Å². The fourth-order valence-corrected chi connectivity index (χ4v) is 1.80. The van der Waals surface area contributed by atoms with Crippen molar-refractivity contribution in [3.05, 3.63) is 48.5 Å². The van der Waals surface area contributed by atoms with Crippen LogP contribution in [0.1, 0.15) is 26.3 Å². The van der Waals surface area contributed by atoms with Gasteiger partial charge in [0.1, 0.15) is 6.54 Å². The SMILES string of the molecule is CC(C)(C)c1ccc(NC(=O)Cn2ccnc2)cc1. The van der Waals surface area contributed by atoms with Crippen molar-refractivity contribution in [3.8, 4) is 0 Å². The molecule has 1 N–H and O–H groups in total. The summed E-state index contributed by atoms with van der Waals surface area (Å²) < 4.78 is 1.73. The van der Waals surface area contributed by atoms with Crippen molar-refractivity contribution >= 4 is 11.6 Å². The van der Waals surface area contributed by atoms with Crippen LogP contribution < -0.4 is 5.32 Å². The number of anilines is 1. The van der Waals surface area contributed by atoms with Gasteiger partial charge in [-0.3, -0.25) is 4.79 Å². The fourth-order valence-electron chi connectivity index (χ4n) is 1.80. The van der Waals surface area contributed by atoms with E-state index in [1.54, 1.807) is 23.3 Å². The molecule has 2 aromatic rings. The van der Waals surface area contributed by atoms with Crippen LogP contribution in [0.4, 0.5) is 5.69 Å². The minimum absolute atomic E-state index is 0.0542. The number of hydrogen-bond acceptors (Lipinski definition) is 2. The first-order valence-electron chi connectivity index (χ1n) is 6.31. The van der Waals surface area contributed by atoms with Crippen molar-refractivity contribution in [1.29, 1.82) is 0 Å². The number of aromatic nitrogens is 2. The van der Waals surface area contributed by atoms with Gasteiger partial charge in [0, 0.05) is 18.1 Å². The lowest BCUT2D eigenvalue weighted by atomic mass is 9.87. The Morgan fingerprint density at radius 1 is 1.26 bits per heavy atom. The first-order chi connectivity index (χ1) is 8.95. The van der Waals surface area contributed by atoms with Crippen molar-refractivity contribution in [2.45, 2.75) is 32.7 Å². The van der Waals surface area contributed by atoms with Crippen LogP contribution >= 0.6 is 0 Å². The van der Waals surface area contributed by atoms with Gasteiger partial charge >= 0.3 is 0 Å². The van der Waals surface area contributed by atoms with E-state index < -0.39 is 0 Å². The zero-order valence-electron chi connectivity index (χ0n) is 11.6. The summed E-state index contributed by atoms with van der Waals surface area (Å²) >= 11 is 0. The number of nitrogens with one attached hydrogen (secondary N) is 1. The zero-order valence-corrected chi connectivity index (χ0v) is 11.6. The third-order valence-corrected chi connectivity index (χ3v) is 2.92. The van der Waals surface area contributed by atoms with E-state index in [-0.39, 0.29) is 17.9 Å². The number of nitrogens with zero attached hydrogens (tertiary/aromatic N) is 2. The van der Waals surface area contributed by atoms with Gasteiger partial charge < -0.3 is 9.88 Å². The number of amides is 1. The largest absolute Gasteiger partial charge is 0.328 e. The van der Waals surface area contributed by atoms with Crippen LogP contribution in [-0.2, 0) is 16.8 Å². The molecule has 19 heavy (non-hydrogen) atoms. The molecule has 4 nitrogen and oxygen atoms in total. The third kappa shape index (κ3) is 3.68. The molecule has 0 radical (unpaired) electrons. The number of benzene rings is 1. The van der Waals surface area contributed by atoms with Crippen LogP contribution in [0.15, 0.2) is 43.0 Å². The molecule has 100 valence electrons. The Hall–Kier alpha value is -2.10. The maximum Gasteiger partial charge on any atom is 0.244 e. The van der Waals surface area contributed by atoms with Gasteiger partial charge in [-0.2, -0.15) is 0 Å². The highest BCUT2D eigenvalue weighted by molar-refractivity contribution is 5.90. The van der Waals surface area contributed by atoms with Crippen molar-refractivity contribution in [2.24, 2.45) is 0 Å². The maximum absolute atomic E-state index is 11.8. The van der Waals surface area contributed by atoms with E-state index in [4.69, 9.17) is 0 Å². The van der Waals surface area contributed by atoms with E-state index in [9.17, 15) is 4.79 Å². The standard InChI is InChI=1S/C15H19N3O/c1-15(2,3)12-4-6-13(7-5-12)17-14(19)10-18-9-8-16-11-18/h4-9,11H,10H2,1-3H3,(H,17,19). The van der Waals surface area contributed by atoms with Gasteiger partial charge in [-0.05, 0) is 23.1 Å². The van der Waals surface area contributed by atoms with E-state index in [0.717, 1.165) is 5.69 Å². The van der Waals surface area contributed by atoms with Crippen LogP contribution in [0.2, 0.25) is 0 Å². The van der Waals surface area contributed by atoms with Crippen molar-refractivity contribution in [1.82, 2.24) is 9.55 Å². The first kappa shape index (κ1) is 13.3. The summed E-state index contributed by atoms with van der Waals surface area (Å²) in [6.45, 7) is 6.78. The number of rotatable bonds is 3. The molecular formula is C15H19N3O. The molecule has 1 amide bonds. The molecule has 1 heterocycles. The van der Waals surface area contributed by atoms with Crippen molar-refractivity contribution < 1.29 is 4.79 Å². The van der Waals surface area contributed by atoms with Gasteiger partial charge in [0.05, 0.1) is 6.33 Å². The van der Waals surface area contributed by atoms with Gasteiger partial charge in [0.15, 0.2) is 0 Å². The molecule has 0 saturated carbocycles. The average Bonchev–Trinajstić information content (AvgIpc) is 2.81. The lowest BCUT2D eigenvalue weighted by molar-refractivity contribution is -0.116. The Morgan fingerprint density at radius 3 is 2.47 bits per heavy atom. The van der Waals surface area contributed by atoms with Gasteiger partial charge in [-0.1, -0.05) is 32.9 Å². The summed E-state index contributed by atoms with van der Waals surface area (Å²) in [5.74, 6) is -0.0542. The molecule has 0 bridgehead atoms. The topological polar surface area (TPSA) is 46.9 Å². The van der Waals surface area contributed by atoms with E-state index in [0.29, 0.717) is 0 Å². The molecule has 0 aliphatic heterocycles. The Kier molecular flexibility index (Phi) is 3.69. The van der Waals surface area contributed by atoms with E-state index in [1.807, 2.05) is 24.3 Å². The molecule has 2 rings (SSSR count). The van der Waals surface area contributed by atoms with Crippen LogP contribution in [0.5, 0.6) is 0 Å². The summed E-state index contributed by atoms with van der Waals surface area (Å²) in [5.41, 5.74) is 2.19. The molecule has 0 fully saturated rings. The third-order valence-electron chi connectivity index (χ3n) is 2.92. The fraction of sp³-hybridized carbons (Fsp3) is 0.333. The molecule has 0 aliphatic rings. The minimum Gasteiger partial charge on any atom is -0.328 e. The lowest BCUT2D eigenvalue weighted by Crippen LogP contribution is -2.18. The van der Waals surface area contributed by atoms with Gasteiger partial charge in [-0.25, -0.2) is 4.98 Å². The minimum atomic E-state index is -0.0542. The Labute approximate surface area is 113 Å². The normalized spacial score (nSPS) is 11.3. The summed E-state index contributed by atoms with van der Waals surface area (Å²) in [6.07, 6.45) is 5.05. The van der Waals surface area contributed by atoms with E-state index in [2.05, 4.69) is 31.1 Å². The van der Waals surface area contributed by atoms with Crippen LogP contribution in [0, 0.1) is 0 Å². The second-order valence-corrected chi connectivity index (χ2v) is 5.61. The zero-order chi connectivity index (χ0) is 13.9. The number of carbonyl (C=O) groups excluding carboxylic acids is 1. The van der Waals surface area contributed by atoms with Crippen LogP contribution in [0.25, 0.3) is 0 Å². The average molecular weight is 257 g/mol. The van der Waals surface area contributed by atoms with Crippen LogP contribution in [0.3, 0.4) is 0 Å². The summed E-state index contributed by atoms with van der Waals surface area (Å²) in [6, 6.07) is 7.97. The highest BCUT2D eigenvalue weighted by Crippen LogP contribution is 2.23. The van der Waals surface area contributed by atoms with E-state index in [1.165, 1.54) is 5.56 Å². The monoisotopic (exact) mass is 257 g/mol. The van der Waals surface area contributed by atoms with Gasteiger partial charge in [-0.15, -0.1) is 0 Å². The molecule has 0 aliphatic carbocycles. The second-order valence-electron chi connectivity index (χ2n) is 5.61. The number of imidazole rings is 1. The second kappa shape index (κ2) is 5.26. The predicted octanol–water partition coefficient (Wildman–Crippen LogP) is 2.82. The molecule has 1 aromatic heterocycles. The Morgan fingerprint density at radius 2 is 1.95 bits per heavy atom. The molecule has 0 spiro atoms.